The molecule has 3 heterocycles. The van der Waals surface area contributed by atoms with Gasteiger partial charge in [-0.15, -0.1) is 22.7 Å². The van der Waals surface area contributed by atoms with Crippen molar-refractivity contribution in [3.63, 3.8) is 0 Å². The van der Waals surface area contributed by atoms with Crippen molar-refractivity contribution in [3.8, 4) is 22.0 Å². The highest BCUT2D eigenvalue weighted by Gasteiger charge is 2.16. The number of nitrogens with one attached hydrogen (secondary N) is 1. The Bertz CT molecular complexity index is 1120. The summed E-state index contributed by atoms with van der Waals surface area (Å²) in [5, 5.41) is 6.90. The molecular formula is C22H20N4OS2. The number of hydrogen-bond acceptors (Lipinski definition) is 6. The number of pyridine rings is 1. The monoisotopic (exact) mass is 420 g/mol. The molecule has 0 bridgehead atoms. The van der Waals surface area contributed by atoms with Crippen molar-refractivity contribution >= 4 is 28.6 Å². The van der Waals surface area contributed by atoms with Gasteiger partial charge in [0.25, 0.3) is 5.91 Å². The summed E-state index contributed by atoms with van der Waals surface area (Å²) in [6.07, 6.45) is 2.50. The molecule has 0 aliphatic heterocycles. The van der Waals surface area contributed by atoms with Crippen LogP contribution in [0.2, 0.25) is 0 Å². The smallest absolute Gasteiger partial charge is 0.263 e. The van der Waals surface area contributed by atoms with Gasteiger partial charge >= 0.3 is 0 Å². The van der Waals surface area contributed by atoms with Crippen LogP contribution in [-0.4, -0.2) is 27.4 Å². The Kier molecular flexibility index (Phi) is 5.78. The number of carbonyl (C=O) groups is 1. The van der Waals surface area contributed by atoms with Gasteiger partial charge in [-0.2, -0.15) is 0 Å². The quantitative estimate of drug-likeness (QED) is 0.481. The lowest BCUT2D eigenvalue weighted by Gasteiger charge is -2.05. The number of amides is 1. The predicted molar refractivity (Wildman–Crippen MR) is 118 cm³/mol. The van der Waals surface area contributed by atoms with Gasteiger partial charge in [-0.05, 0) is 38.0 Å². The standard InChI is InChI=1S/C22H20N4OS2/c1-14-20(29-22(25-14)18-5-3-4-11-23-18)21(27)24-12-10-16-6-8-17(9-7-16)19-13-28-15(2)26-19/h3-9,11,13H,10,12H2,1-2H3,(H,24,27). The molecule has 3 aromatic heterocycles. The first kappa shape index (κ1) is 19.4. The van der Waals surface area contributed by atoms with Gasteiger partial charge in [0.05, 0.1) is 22.1 Å². The van der Waals surface area contributed by atoms with Crippen LogP contribution in [0, 0.1) is 13.8 Å². The zero-order valence-corrected chi connectivity index (χ0v) is 17.8. The Morgan fingerprint density at radius 2 is 1.86 bits per heavy atom. The van der Waals surface area contributed by atoms with E-state index in [1.807, 2.05) is 32.0 Å². The van der Waals surface area contributed by atoms with Crippen LogP contribution in [-0.2, 0) is 6.42 Å². The van der Waals surface area contributed by atoms with Crippen molar-refractivity contribution in [1.82, 2.24) is 20.3 Å². The van der Waals surface area contributed by atoms with E-state index in [1.165, 1.54) is 16.9 Å². The van der Waals surface area contributed by atoms with Gasteiger partial charge in [0.15, 0.2) is 0 Å². The van der Waals surface area contributed by atoms with Gasteiger partial charge < -0.3 is 5.32 Å². The molecule has 0 unspecified atom stereocenters. The number of aryl methyl sites for hydroxylation is 2. The number of nitrogens with zero attached hydrogens (tertiary/aromatic N) is 3. The molecule has 4 rings (SSSR count). The van der Waals surface area contributed by atoms with Crippen molar-refractivity contribution in [2.45, 2.75) is 20.3 Å². The lowest BCUT2D eigenvalue weighted by atomic mass is 10.1. The summed E-state index contributed by atoms with van der Waals surface area (Å²) in [5.74, 6) is -0.0863. The van der Waals surface area contributed by atoms with Crippen LogP contribution >= 0.6 is 22.7 Å². The predicted octanol–water partition coefficient (Wildman–Crippen LogP) is 4.92. The van der Waals surface area contributed by atoms with Gasteiger partial charge in [0.1, 0.15) is 9.88 Å². The summed E-state index contributed by atoms with van der Waals surface area (Å²) in [6, 6.07) is 14.0. The van der Waals surface area contributed by atoms with E-state index in [-0.39, 0.29) is 5.91 Å². The van der Waals surface area contributed by atoms with E-state index in [0.717, 1.165) is 39.1 Å². The van der Waals surface area contributed by atoms with Crippen LogP contribution in [0.15, 0.2) is 54.0 Å². The second-order valence-electron chi connectivity index (χ2n) is 6.60. The molecule has 1 amide bonds. The average Bonchev–Trinajstić information content (AvgIpc) is 3.35. The van der Waals surface area contributed by atoms with Crippen LogP contribution in [0.1, 0.15) is 25.9 Å². The number of aromatic nitrogens is 3. The maximum absolute atomic E-state index is 12.6. The summed E-state index contributed by atoms with van der Waals surface area (Å²) in [6.45, 7) is 4.44. The zero-order chi connectivity index (χ0) is 20.2. The summed E-state index contributed by atoms with van der Waals surface area (Å²) in [5.41, 5.74) is 4.82. The third-order valence-corrected chi connectivity index (χ3v) is 6.41. The molecule has 5 nitrogen and oxygen atoms in total. The molecule has 0 aliphatic rings. The average molecular weight is 421 g/mol. The molecule has 4 aromatic rings. The molecule has 29 heavy (non-hydrogen) atoms. The Morgan fingerprint density at radius 3 is 2.55 bits per heavy atom. The van der Waals surface area contributed by atoms with Crippen molar-refractivity contribution in [1.29, 1.82) is 0 Å². The third kappa shape index (κ3) is 4.58. The van der Waals surface area contributed by atoms with Crippen molar-refractivity contribution < 1.29 is 4.79 Å². The normalized spacial score (nSPS) is 10.8. The highest BCUT2D eigenvalue weighted by Crippen LogP contribution is 2.26. The minimum absolute atomic E-state index is 0.0863. The topological polar surface area (TPSA) is 67.8 Å². The summed E-state index contributed by atoms with van der Waals surface area (Å²) in [4.78, 5) is 26.5. The summed E-state index contributed by atoms with van der Waals surface area (Å²) < 4.78 is 0. The first-order chi connectivity index (χ1) is 14.1. The van der Waals surface area contributed by atoms with Crippen LogP contribution in [0.25, 0.3) is 22.0 Å². The van der Waals surface area contributed by atoms with E-state index in [4.69, 9.17) is 0 Å². The molecule has 0 atom stereocenters. The van der Waals surface area contributed by atoms with Gasteiger partial charge in [-0.25, -0.2) is 9.97 Å². The number of carbonyl (C=O) groups excluding carboxylic acids is 1. The second-order valence-corrected chi connectivity index (χ2v) is 8.66. The highest BCUT2D eigenvalue weighted by molar-refractivity contribution is 7.17. The van der Waals surface area contributed by atoms with Crippen molar-refractivity contribution in [2.24, 2.45) is 0 Å². The van der Waals surface area contributed by atoms with Crippen LogP contribution in [0.4, 0.5) is 0 Å². The SMILES string of the molecule is Cc1nc(-c2ccc(CCNC(=O)c3sc(-c4ccccn4)nc3C)cc2)cs1. The first-order valence-corrected chi connectivity index (χ1v) is 11.0. The third-order valence-electron chi connectivity index (χ3n) is 4.45. The molecule has 1 aromatic carbocycles. The van der Waals surface area contributed by atoms with Crippen molar-refractivity contribution in [2.75, 3.05) is 6.54 Å². The number of benzene rings is 1. The Labute approximate surface area is 177 Å². The van der Waals surface area contributed by atoms with Gasteiger partial charge in [0, 0.05) is 23.7 Å². The summed E-state index contributed by atoms with van der Waals surface area (Å²) >= 11 is 3.03. The second kappa shape index (κ2) is 8.63. The van der Waals surface area contributed by atoms with E-state index in [1.54, 1.807) is 17.5 Å². The Hall–Kier alpha value is -2.90. The van der Waals surface area contributed by atoms with Crippen LogP contribution < -0.4 is 5.32 Å². The van der Waals surface area contributed by atoms with Crippen molar-refractivity contribution in [3.05, 3.63) is 75.2 Å². The zero-order valence-electron chi connectivity index (χ0n) is 16.2. The minimum atomic E-state index is -0.0863. The molecule has 0 saturated carbocycles. The molecule has 0 radical (unpaired) electrons. The molecule has 0 fully saturated rings. The molecule has 0 spiro atoms. The van der Waals surface area contributed by atoms with Crippen LogP contribution in [0.5, 0.6) is 0 Å². The maximum atomic E-state index is 12.6. The van der Waals surface area contributed by atoms with Crippen LogP contribution in [0.3, 0.4) is 0 Å². The van der Waals surface area contributed by atoms with E-state index < -0.39 is 0 Å². The largest absolute Gasteiger partial charge is 0.351 e. The Morgan fingerprint density at radius 1 is 1.03 bits per heavy atom. The first-order valence-electron chi connectivity index (χ1n) is 9.28. The molecule has 0 aliphatic carbocycles. The van der Waals surface area contributed by atoms with E-state index in [9.17, 15) is 4.79 Å². The highest BCUT2D eigenvalue weighted by atomic mass is 32.1. The lowest BCUT2D eigenvalue weighted by Crippen LogP contribution is -2.25. The van der Waals surface area contributed by atoms with E-state index in [0.29, 0.717) is 11.4 Å². The molecule has 0 saturated heterocycles. The van der Waals surface area contributed by atoms with Gasteiger partial charge in [-0.3, -0.25) is 9.78 Å². The lowest BCUT2D eigenvalue weighted by molar-refractivity contribution is 0.0957. The fourth-order valence-corrected chi connectivity index (χ4v) is 4.53. The maximum Gasteiger partial charge on any atom is 0.263 e. The van der Waals surface area contributed by atoms with E-state index in [2.05, 4.69) is 49.9 Å². The number of rotatable bonds is 6. The van der Waals surface area contributed by atoms with Gasteiger partial charge in [0.2, 0.25) is 0 Å². The molecule has 146 valence electrons. The fraction of sp³-hybridized carbons (Fsp3) is 0.182. The minimum Gasteiger partial charge on any atom is -0.351 e. The fourth-order valence-electron chi connectivity index (χ4n) is 2.94. The number of thiazole rings is 2. The summed E-state index contributed by atoms with van der Waals surface area (Å²) in [7, 11) is 0. The Balaban J connectivity index is 1.35. The number of hydrogen-bond donors (Lipinski definition) is 1. The molecule has 1 N–H and O–H groups in total. The molecular weight excluding hydrogens is 400 g/mol. The van der Waals surface area contributed by atoms with E-state index >= 15 is 0 Å². The molecule has 7 heteroatoms. The van der Waals surface area contributed by atoms with Gasteiger partial charge in [-0.1, -0.05) is 30.3 Å².